The van der Waals surface area contributed by atoms with Crippen LogP contribution in [0.1, 0.15) is 0 Å². The largest absolute Gasteiger partial charge is 0.309 e. The first-order valence-electron chi connectivity index (χ1n) is 20.8. The summed E-state index contributed by atoms with van der Waals surface area (Å²) in [6.45, 7) is 0. The lowest BCUT2D eigenvalue weighted by atomic mass is 9.91. The summed E-state index contributed by atoms with van der Waals surface area (Å²) in [5.41, 5.74) is 14.3. The van der Waals surface area contributed by atoms with Crippen LogP contribution in [-0.2, 0) is 0 Å². The molecule has 0 radical (unpaired) electrons. The Hall–Kier alpha value is -8.14. The van der Waals surface area contributed by atoms with Gasteiger partial charge in [-0.15, -0.1) is 0 Å². The van der Waals surface area contributed by atoms with E-state index in [4.69, 9.17) is 9.97 Å². The minimum Gasteiger partial charge on any atom is -0.309 e. The zero-order chi connectivity index (χ0) is 40.3. The maximum absolute atomic E-state index is 5.48. The monoisotopic (exact) mass is 775 g/mol. The highest BCUT2D eigenvalue weighted by atomic mass is 15.0. The topological polar surface area (TPSA) is 30.7 Å². The van der Waals surface area contributed by atoms with Crippen molar-refractivity contribution in [2.75, 3.05) is 0 Å². The zero-order valence-corrected chi connectivity index (χ0v) is 33.2. The van der Waals surface area contributed by atoms with E-state index in [-0.39, 0.29) is 0 Å². The minimum absolute atomic E-state index is 0.696. The Morgan fingerprint density at radius 2 is 0.852 bits per heavy atom. The van der Waals surface area contributed by atoms with Gasteiger partial charge in [-0.3, -0.25) is 0 Å². The van der Waals surface area contributed by atoms with Crippen molar-refractivity contribution in [3.63, 3.8) is 0 Å². The maximum atomic E-state index is 5.48. The molecular weight excluding hydrogens is 739 g/mol. The molecule has 0 N–H and O–H groups in total. The van der Waals surface area contributed by atoms with Gasteiger partial charge in [0.2, 0.25) is 0 Å². The molecule has 12 aromatic rings. The van der Waals surface area contributed by atoms with E-state index in [2.05, 4.69) is 229 Å². The van der Waals surface area contributed by atoms with Crippen molar-refractivity contribution >= 4 is 54.3 Å². The molecule has 0 aliphatic rings. The van der Waals surface area contributed by atoms with Crippen molar-refractivity contribution in [3.05, 3.63) is 224 Å². The highest BCUT2D eigenvalue weighted by Gasteiger charge is 2.21. The van der Waals surface area contributed by atoms with Crippen LogP contribution in [0.5, 0.6) is 0 Å². The van der Waals surface area contributed by atoms with Gasteiger partial charge in [0, 0.05) is 32.7 Å². The predicted molar refractivity (Wildman–Crippen MR) is 256 cm³/mol. The van der Waals surface area contributed by atoms with Crippen LogP contribution in [0.25, 0.3) is 116 Å². The summed E-state index contributed by atoms with van der Waals surface area (Å²) in [4.78, 5) is 10.9. The van der Waals surface area contributed by atoms with Crippen LogP contribution in [0.4, 0.5) is 0 Å². The lowest BCUT2D eigenvalue weighted by Crippen LogP contribution is -2.00. The fourth-order valence-corrected chi connectivity index (χ4v) is 9.27. The molecule has 12 rings (SSSR count). The Morgan fingerprint density at radius 3 is 1.54 bits per heavy atom. The second kappa shape index (κ2) is 14.3. The van der Waals surface area contributed by atoms with Gasteiger partial charge >= 0.3 is 0 Å². The molecule has 0 atom stereocenters. The van der Waals surface area contributed by atoms with Gasteiger partial charge in [-0.1, -0.05) is 176 Å². The van der Waals surface area contributed by atoms with Crippen LogP contribution in [0.2, 0.25) is 0 Å². The highest BCUT2D eigenvalue weighted by molar-refractivity contribution is 6.16. The predicted octanol–water partition coefficient (Wildman–Crippen LogP) is 15.4. The molecule has 3 heteroatoms. The molecule has 0 amide bonds. The average molecular weight is 776 g/mol. The molecule has 0 aliphatic carbocycles. The lowest BCUT2D eigenvalue weighted by molar-refractivity contribution is 1.19. The summed E-state index contributed by atoms with van der Waals surface area (Å²) in [5, 5.41) is 8.15. The average Bonchev–Trinajstić information content (AvgIpc) is 3.65. The van der Waals surface area contributed by atoms with Gasteiger partial charge < -0.3 is 4.57 Å². The Morgan fingerprint density at radius 1 is 0.295 bits per heavy atom. The van der Waals surface area contributed by atoms with E-state index in [0.717, 1.165) is 66.4 Å². The van der Waals surface area contributed by atoms with E-state index in [0.29, 0.717) is 5.82 Å². The lowest BCUT2D eigenvalue weighted by Gasteiger charge is -2.17. The van der Waals surface area contributed by atoms with E-state index in [9.17, 15) is 0 Å². The molecule has 2 aromatic heterocycles. The van der Waals surface area contributed by atoms with E-state index < -0.39 is 0 Å². The molecule has 10 aromatic carbocycles. The molecule has 61 heavy (non-hydrogen) atoms. The zero-order valence-electron chi connectivity index (χ0n) is 33.2. The quantitative estimate of drug-likeness (QED) is 0.168. The van der Waals surface area contributed by atoms with E-state index in [1.807, 2.05) is 0 Å². The summed E-state index contributed by atoms with van der Waals surface area (Å²) in [7, 11) is 0. The summed E-state index contributed by atoms with van der Waals surface area (Å²) < 4.78 is 2.45. The van der Waals surface area contributed by atoms with Crippen LogP contribution in [-0.4, -0.2) is 14.5 Å². The Labute approximate surface area is 353 Å². The number of hydrogen-bond donors (Lipinski definition) is 0. The summed E-state index contributed by atoms with van der Waals surface area (Å²) >= 11 is 0. The molecule has 0 saturated carbocycles. The van der Waals surface area contributed by atoms with Crippen LogP contribution < -0.4 is 0 Å². The standard InChI is InChI=1S/C58H37N3/c1-5-17-38(18-6-1)44-29-31-55-50(34-44)51-33-42-25-13-14-26-43(42)35-56(51)61(55)54-32-30-47(45-27-15-16-28-46(45)54)58-59-53-37-49(40-21-9-3-10-22-40)48(39-19-7-2-8-20-39)36-52(53)57(60-58)41-23-11-4-12-24-41/h1-37H. The minimum atomic E-state index is 0.696. The molecule has 284 valence electrons. The van der Waals surface area contributed by atoms with Gasteiger partial charge in [-0.25, -0.2) is 9.97 Å². The van der Waals surface area contributed by atoms with E-state index in [1.54, 1.807) is 0 Å². The summed E-state index contributed by atoms with van der Waals surface area (Å²) in [6.07, 6.45) is 0. The van der Waals surface area contributed by atoms with Crippen LogP contribution in [0.3, 0.4) is 0 Å². The molecule has 0 aliphatic heterocycles. The number of hydrogen-bond acceptors (Lipinski definition) is 2. The number of aromatic nitrogens is 3. The second-order valence-corrected chi connectivity index (χ2v) is 15.7. The fraction of sp³-hybridized carbons (Fsp3) is 0. The van der Waals surface area contributed by atoms with Crippen molar-refractivity contribution in [1.82, 2.24) is 14.5 Å². The second-order valence-electron chi connectivity index (χ2n) is 15.7. The van der Waals surface area contributed by atoms with Gasteiger partial charge in [0.15, 0.2) is 5.82 Å². The van der Waals surface area contributed by atoms with Crippen LogP contribution >= 0.6 is 0 Å². The number of nitrogens with zero attached hydrogens (tertiary/aromatic N) is 3. The molecule has 2 heterocycles. The van der Waals surface area contributed by atoms with Gasteiger partial charge in [-0.05, 0) is 98.1 Å². The molecule has 0 saturated heterocycles. The third kappa shape index (κ3) is 5.90. The summed E-state index contributed by atoms with van der Waals surface area (Å²) in [6, 6.07) is 80.5. The maximum Gasteiger partial charge on any atom is 0.161 e. The highest BCUT2D eigenvalue weighted by Crippen LogP contribution is 2.42. The van der Waals surface area contributed by atoms with Gasteiger partial charge in [0.05, 0.1) is 27.9 Å². The van der Waals surface area contributed by atoms with Crippen molar-refractivity contribution in [3.8, 4) is 61.7 Å². The van der Waals surface area contributed by atoms with E-state index in [1.165, 1.54) is 43.7 Å². The fourth-order valence-electron chi connectivity index (χ4n) is 9.27. The van der Waals surface area contributed by atoms with Crippen molar-refractivity contribution in [2.45, 2.75) is 0 Å². The third-order valence-electron chi connectivity index (χ3n) is 12.2. The number of rotatable bonds is 6. The van der Waals surface area contributed by atoms with E-state index >= 15 is 0 Å². The Balaban J connectivity index is 1.11. The molecule has 0 unspecified atom stereocenters. The molecule has 0 spiro atoms. The first kappa shape index (κ1) is 34.9. The molecule has 0 bridgehead atoms. The first-order valence-corrected chi connectivity index (χ1v) is 20.8. The van der Waals surface area contributed by atoms with Gasteiger partial charge in [-0.2, -0.15) is 0 Å². The molecule has 3 nitrogen and oxygen atoms in total. The third-order valence-corrected chi connectivity index (χ3v) is 12.2. The van der Waals surface area contributed by atoms with Crippen molar-refractivity contribution in [1.29, 1.82) is 0 Å². The van der Waals surface area contributed by atoms with Gasteiger partial charge in [0.1, 0.15) is 0 Å². The first-order chi connectivity index (χ1) is 30.2. The van der Waals surface area contributed by atoms with Gasteiger partial charge in [0.25, 0.3) is 0 Å². The SMILES string of the molecule is c1ccc(-c2ccc3c(c2)c2cc4ccccc4cc2n3-c2ccc(-c3nc(-c4ccccc4)c4cc(-c5ccccc5)c(-c5ccccc5)cc4n3)c3ccccc23)cc1. The number of fused-ring (bicyclic) bond motifs is 6. The van der Waals surface area contributed by atoms with Crippen LogP contribution in [0, 0.1) is 0 Å². The Bertz CT molecular complexity index is 3610. The van der Waals surface area contributed by atoms with Crippen LogP contribution in [0.15, 0.2) is 224 Å². The molecule has 0 fully saturated rings. The van der Waals surface area contributed by atoms with Crippen molar-refractivity contribution in [2.24, 2.45) is 0 Å². The Kier molecular flexibility index (Phi) is 8.17. The smallest absolute Gasteiger partial charge is 0.161 e. The number of benzene rings is 10. The van der Waals surface area contributed by atoms with Crippen molar-refractivity contribution < 1.29 is 0 Å². The normalized spacial score (nSPS) is 11.6. The molecular formula is C58H37N3. The summed E-state index contributed by atoms with van der Waals surface area (Å²) in [5.74, 6) is 0.696.